The highest BCUT2D eigenvalue weighted by Crippen LogP contribution is 2.54. The molecule has 0 radical (unpaired) electrons. The van der Waals surface area contributed by atoms with Crippen molar-refractivity contribution in [1.82, 2.24) is 0 Å². The molecule has 0 bridgehead atoms. The Balaban J connectivity index is 1.27. The standard InChI is InChI=1S/C45H37NO/c1-44(2,3)38-19-11-17-34-35-18-12-20-39(43(35)47-42(34)38)46(30-14-7-6-8-15-30)31-23-25-33-29(27-31)21-24-36-40-32-16-10-9-13-28(32)22-26-37(40)45(4,5)41(33)36/h6-27H,1-5H3. The Bertz CT molecular complexity index is 2530. The molecule has 9 rings (SSSR count). The topological polar surface area (TPSA) is 16.4 Å². The van der Waals surface area contributed by atoms with Gasteiger partial charge in [0.2, 0.25) is 0 Å². The van der Waals surface area contributed by atoms with E-state index in [2.05, 4.69) is 173 Å². The molecule has 0 amide bonds. The smallest absolute Gasteiger partial charge is 0.159 e. The molecule has 2 heteroatoms. The summed E-state index contributed by atoms with van der Waals surface area (Å²) in [7, 11) is 0. The van der Waals surface area contributed by atoms with Crippen LogP contribution in [0, 0.1) is 0 Å². The van der Waals surface area contributed by atoms with Gasteiger partial charge in [-0.3, -0.25) is 0 Å². The summed E-state index contributed by atoms with van der Waals surface area (Å²) in [6.45, 7) is 11.5. The third-order valence-corrected chi connectivity index (χ3v) is 10.3. The molecule has 1 heterocycles. The zero-order valence-electron chi connectivity index (χ0n) is 27.6. The lowest BCUT2D eigenvalue weighted by atomic mass is 9.80. The van der Waals surface area contributed by atoms with Crippen LogP contribution < -0.4 is 4.90 Å². The average Bonchev–Trinajstić information content (AvgIpc) is 3.58. The second kappa shape index (κ2) is 9.83. The number of anilines is 3. The van der Waals surface area contributed by atoms with Crippen LogP contribution in [0.25, 0.3) is 54.6 Å². The molecule has 1 aliphatic carbocycles. The van der Waals surface area contributed by atoms with E-state index in [0.717, 1.165) is 39.0 Å². The maximum atomic E-state index is 6.87. The summed E-state index contributed by atoms with van der Waals surface area (Å²) in [5.41, 5.74) is 11.7. The average molecular weight is 608 g/mol. The van der Waals surface area contributed by atoms with Crippen LogP contribution in [0.4, 0.5) is 17.1 Å². The fraction of sp³-hybridized carbons (Fsp3) is 0.156. The first-order valence-electron chi connectivity index (χ1n) is 16.6. The van der Waals surface area contributed by atoms with Crippen LogP contribution in [0.15, 0.2) is 138 Å². The number of rotatable bonds is 3. The number of hydrogen-bond acceptors (Lipinski definition) is 2. The van der Waals surface area contributed by atoms with Gasteiger partial charge < -0.3 is 9.32 Å². The molecule has 0 saturated carbocycles. The minimum atomic E-state index is -0.112. The van der Waals surface area contributed by atoms with E-state index in [9.17, 15) is 0 Å². The first-order chi connectivity index (χ1) is 22.7. The highest BCUT2D eigenvalue weighted by molar-refractivity contribution is 6.12. The van der Waals surface area contributed by atoms with Crippen LogP contribution in [-0.2, 0) is 10.8 Å². The maximum Gasteiger partial charge on any atom is 0.159 e. The van der Waals surface area contributed by atoms with Gasteiger partial charge in [0, 0.05) is 33.1 Å². The summed E-state index contributed by atoms with van der Waals surface area (Å²) in [4.78, 5) is 2.35. The molecule has 0 aliphatic heterocycles. The van der Waals surface area contributed by atoms with Crippen molar-refractivity contribution in [2.24, 2.45) is 0 Å². The lowest BCUT2D eigenvalue weighted by molar-refractivity contribution is 0.573. The molecule has 1 aromatic heterocycles. The number of nitrogens with zero attached hydrogens (tertiary/aromatic N) is 1. The second-order valence-corrected chi connectivity index (χ2v) is 14.6. The van der Waals surface area contributed by atoms with Crippen molar-refractivity contribution >= 4 is 60.5 Å². The van der Waals surface area contributed by atoms with Crippen LogP contribution >= 0.6 is 0 Å². The second-order valence-electron chi connectivity index (χ2n) is 14.6. The molecule has 0 spiro atoms. The Kier molecular flexibility index (Phi) is 5.84. The SMILES string of the molecule is CC(C)(C)c1cccc2c1oc1c(N(c3ccccc3)c3ccc4c5c(ccc4c3)-c3c(ccc4ccccc34)C5(C)C)cccc12. The van der Waals surface area contributed by atoms with Crippen molar-refractivity contribution in [2.75, 3.05) is 4.90 Å². The van der Waals surface area contributed by atoms with E-state index in [1.807, 2.05) is 0 Å². The first kappa shape index (κ1) is 27.9. The van der Waals surface area contributed by atoms with Gasteiger partial charge in [-0.15, -0.1) is 0 Å². The van der Waals surface area contributed by atoms with Gasteiger partial charge in [0.25, 0.3) is 0 Å². The van der Waals surface area contributed by atoms with E-state index in [4.69, 9.17) is 4.42 Å². The van der Waals surface area contributed by atoms with Gasteiger partial charge in [0.15, 0.2) is 5.58 Å². The minimum absolute atomic E-state index is 0.0367. The molecule has 8 aromatic rings. The van der Waals surface area contributed by atoms with E-state index in [0.29, 0.717) is 0 Å². The predicted molar refractivity (Wildman–Crippen MR) is 200 cm³/mol. The van der Waals surface area contributed by atoms with Gasteiger partial charge in [-0.25, -0.2) is 0 Å². The van der Waals surface area contributed by atoms with Gasteiger partial charge >= 0.3 is 0 Å². The lowest BCUT2D eigenvalue weighted by Gasteiger charge is -2.27. The molecule has 1 aliphatic rings. The van der Waals surface area contributed by atoms with Crippen molar-refractivity contribution in [3.63, 3.8) is 0 Å². The fourth-order valence-electron chi connectivity index (χ4n) is 8.13. The highest BCUT2D eigenvalue weighted by atomic mass is 16.3. The van der Waals surface area contributed by atoms with E-state index < -0.39 is 0 Å². The van der Waals surface area contributed by atoms with Crippen LogP contribution in [0.3, 0.4) is 0 Å². The van der Waals surface area contributed by atoms with Gasteiger partial charge in [0.1, 0.15) is 5.58 Å². The van der Waals surface area contributed by atoms with Gasteiger partial charge in [-0.05, 0) is 79.5 Å². The van der Waals surface area contributed by atoms with E-state index in [1.165, 1.54) is 49.4 Å². The summed E-state index contributed by atoms with van der Waals surface area (Å²) < 4.78 is 6.87. The molecule has 0 saturated heterocycles. The van der Waals surface area contributed by atoms with Gasteiger partial charge in [-0.1, -0.05) is 138 Å². The minimum Gasteiger partial charge on any atom is -0.454 e. The molecular formula is C45H37NO. The van der Waals surface area contributed by atoms with Gasteiger partial charge in [0.05, 0.1) is 5.69 Å². The molecule has 47 heavy (non-hydrogen) atoms. The van der Waals surface area contributed by atoms with Crippen molar-refractivity contribution < 1.29 is 4.42 Å². The molecule has 0 atom stereocenters. The molecule has 2 nitrogen and oxygen atoms in total. The normalized spacial score (nSPS) is 13.8. The Hall–Kier alpha value is -5.34. The lowest BCUT2D eigenvalue weighted by Crippen LogP contribution is -2.15. The summed E-state index contributed by atoms with van der Waals surface area (Å²) in [5, 5.41) is 7.45. The van der Waals surface area contributed by atoms with E-state index >= 15 is 0 Å². The summed E-state index contributed by atoms with van der Waals surface area (Å²) in [5.74, 6) is 0. The van der Waals surface area contributed by atoms with Gasteiger partial charge in [-0.2, -0.15) is 0 Å². The van der Waals surface area contributed by atoms with Crippen LogP contribution in [0.5, 0.6) is 0 Å². The van der Waals surface area contributed by atoms with E-state index in [1.54, 1.807) is 0 Å². The molecule has 228 valence electrons. The molecule has 0 unspecified atom stereocenters. The molecule has 0 N–H and O–H groups in total. The highest BCUT2D eigenvalue weighted by Gasteiger charge is 2.38. The van der Waals surface area contributed by atoms with Crippen molar-refractivity contribution in [1.29, 1.82) is 0 Å². The largest absolute Gasteiger partial charge is 0.454 e. The summed E-state index contributed by atoms with van der Waals surface area (Å²) >= 11 is 0. The predicted octanol–water partition coefficient (Wildman–Crippen LogP) is 13.0. The van der Waals surface area contributed by atoms with Crippen LogP contribution in [0.2, 0.25) is 0 Å². The number of para-hydroxylation sites is 3. The zero-order chi connectivity index (χ0) is 32.1. The van der Waals surface area contributed by atoms with Crippen LogP contribution in [-0.4, -0.2) is 0 Å². The third kappa shape index (κ3) is 4.04. The first-order valence-corrected chi connectivity index (χ1v) is 16.6. The Morgan fingerprint density at radius 3 is 2.06 bits per heavy atom. The summed E-state index contributed by atoms with van der Waals surface area (Å²) in [6.07, 6.45) is 0. The number of furan rings is 1. The molecule has 0 fully saturated rings. The molecular weight excluding hydrogens is 571 g/mol. The maximum absolute atomic E-state index is 6.87. The fourth-order valence-corrected chi connectivity index (χ4v) is 8.13. The van der Waals surface area contributed by atoms with Crippen molar-refractivity contribution in [2.45, 2.75) is 45.4 Å². The third-order valence-electron chi connectivity index (χ3n) is 10.3. The Morgan fingerprint density at radius 2 is 1.26 bits per heavy atom. The number of hydrogen-bond donors (Lipinski definition) is 0. The Morgan fingerprint density at radius 1 is 0.553 bits per heavy atom. The van der Waals surface area contributed by atoms with Crippen molar-refractivity contribution in [3.05, 3.63) is 150 Å². The summed E-state index contributed by atoms with van der Waals surface area (Å²) in [6, 6.07) is 48.8. The van der Waals surface area contributed by atoms with Crippen LogP contribution in [0.1, 0.15) is 51.3 Å². The number of benzene rings is 7. The number of fused-ring (bicyclic) bond motifs is 10. The van der Waals surface area contributed by atoms with Crippen molar-refractivity contribution in [3.8, 4) is 11.1 Å². The van der Waals surface area contributed by atoms with E-state index in [-0.39, 0.29) is 10.8 Å². The zero-order valence-corrected chi connectivity index (χ0v) is 27.6. The molecule has 7 aromatic carbocycles. The Labute approximate surface area is 275 Å². The monoisotopic (exact) mass is 607 g/mol. The quantitative estimate of drug-likeness (QED) is 0.199.